The normalized spacial score (nSPS) is 11.7. The van der Waals surface area contributed by atoms with Crippen molar-refractivity contribution in [1.29, 1.82) is 0 Å². The second kappa shape index (κ2) is 13.4. The molecule has 0 saturated heterocycles. The van der Waals surface area contributed by atoms with Gasteiger partial charge in [-0.25, -0.2) is 19.5 Å². The van der Waals surface area contributed by atoms with E-state index in [1.807, 2.05) is 81.9 Å². The van der Waals surface area contributed by atoms with Gasteiger partial charge in [0, 0.05) is 23.5 Å². The first kappa shape index (κ1) is 33.0. The van der Waals surface area contributed by atoms with Crippen molar-refractivity contribution in [2.75, 3.05) is 23.8 Å². The number of anilines is 2. The number of hydrogen-bond donors (Lipinski definition) is 2. The molecule has 2 heterocycles. The maximum absolute atomic E-state index is 12.9. The maximum atomic E-state index is 12.9. The highest BCUT2D eigenvalue weighted by atomic mass is 16.6. The van der Waals surface area contributed by atoms with Gasteiger partial charge in [0.15, 0.2) is 0 Å². The summed E-state index contributed by atoms with van der Waals surface area (Å²) in [5.41, 5.74) is 6.03. The molecule has 3 rings (SSSR count). The summed E-state index contributed by atoms with van der Waals surface area (Å²) in [6, 6.07) is 9.45. The van der Waals surface area contributed by atoms with Crippen molar-refractivity contribution in [2.24, 2.45) is 0 Å². The lowest BCUT2D eigenvalue weighted by molar-refractivity contribution is -0.109. The van der Waals surface area contributed by atoms with Gasteiger partial charge in [-0.2, -0.15) is 4.98 Å². The van der Waals surface area contributed by atoms with E-state index in [9.17, 15) is 14.4 Å². The summed E-state index contributed by atoms with van der Waals surface area (Å²) in [6.45, 7) is 17.1. The van der Waals surface area contributed by atoms with Crippen LogP contribution in [-0.4, -0.2) is 63.1 Å². The Kier molecular flexibility index (Phi) is 10.8. The predicted octanol–water partition coefficient (Wildman–Crippen LogP) is 5.23. The van der Waals surface area contributed by atoms with E-state index in [0.29, 0.717) is 18.1 Å². The highest BCUT2D eigenvalue weighted by Crippen LogP contribution is 2.23. The van der Waals surface area contributed by atoms with Gasteiger partial charge in [0.05, 0.1) is 24.3 Å². The van der Waals surface area contributed by atoms with Crippen LogP contribution in [0.2, 0.25) is 0 Å². The Hall–Kier alpha value is -4.19. The van der Waals surface area contributed by atoms with E-state index >= 15 is 0 Å². The fourth-order valence-corrected chi connectivity index (χ4v) is 3.35. The summed E-state index contributed by atoms with van der Waals surface area (Å²) in [6.07, 6.45) is 2.59. The Balaban J connectivity index is 0.000000503. The molecule has 3 aromatic rings. The molecule has 12 heteroatoms. The summed E-state index contributed by atoms with van der Waals surface area (Å²) >= 11 is 0. The zero-order valence-electron chi connectivity index (χ0n) is 25.3. The summed E-state index contributed by atoms with van der Waals surface area (Å²) in [7, 11) is 0. The molecule has 0 atom stereocenters. The summed E-state index contributed by atoms with van der Waals surface area (Å²) < 4.78 is 18.0. The van der Waals surface area contributed by atoms with E-state index in [1.165, 1.54) is 4.90 Å². The molecule has 3 N–H and O–H groups in total. The quantitative estimate of drug-likeness (QED) is 0.300. The Bertz CT molecular complexity index is 1330. The van der Waals surface area contributed by atoms with Gasteiger partial charge in [-0.3, -0.25) is 10.1 Å². The molecule has 0 aliphatic heterocycles. The van der Waals surface area contributed by atoms with E-state index in [4.69, 9.17) is 19.9 Å². The Morgan fingerprint density at radius 2 is 1.63 bits per heavy atom. The van der Waals surface area contributed by atoms with Crippen molar-refractivity contribution < 1.29 is 28.6 Å². The highest BCUT2D eigenvalue weighted by molar-refractivity contribution is 5.86. The van der Waals surface area contributed by atoms with Crippen molar-refractivity contribution in [3.8, 4) is 5.82 Å². The zero-order chi connectivity index (χ0) is 31.0. The summed E-state index contributed by atoms with van der Waals surface area (Å²) in [5, 5.41) is 2.86. The van der Waals surface area contributed by atoms with E-state index in [1.54, 1.807) is 33.0 Å². The minimum Gasteiger partial charge on any atom is -0.444 e. The van der Waals surface area contributed by atoms with Crippen molar-refractivity contribution in [3.05, 3.63) is 42.7 Å². The second-order valence-electron chi connectivity index (χ2n) is 12.1. The molecule has 0 aliphatic carbocycles. The lowest BCUT2D eigenvalue weighted by Gasteiger charge is -2.27. The van der Waals surface area contributed by atoms with Crippen LogP contribution in [0.25, 0.3) is 16.7 Å². The molecule has 3 amide bonds. The lowest BCUT2D eigenvalue weighted by atomic mass is 10.2. The first-order valence-corrected chi connectivity index (χ1v) is 13.2. The van der Waals surface area contributed by atoms with Crippen LogP contribution in [0, 0.1) is 0 Å². The van der Waals surface area contributed by atoms with Crippen LogP contribution in [0.5, 0.6) is 0 Å². The molecule has 12 nitrogen and oxygen atoms in total. The van der Waals surface area contributed by atoms with Crippen molar-refractivity contribution in [2.45, 2.75) is 79.1 Å². The first-order chi connectivity index (χ1) is 18.9. The van der Waals surface area contributed by atoms with Crippen LogP contribution >= 0.6 is 0 Å². The second-order valence-corrected chi connectivity index (χ2v) is 12.1. The number of rotatable bonds is 6. The number of carbonyl (C=O) groups excluding carboxylic acids is 3. The van der Waals surface area contributed by atoms with Crippen molar-refractivity contribution >= 4 is 41.1 Å². The number of benzene rings is 1. The van der Waals surface area contributed by atoms with Crippen LogP contribution in [0.15, 0.2) is 42.7 Å². The van der Waals surface area contributed by atoms with Crippen LogP contribution < -0.4 is 16.0 Å². The van der Waals surface area contributed by atoms with Gasteiger partial charge in [0.2, 0.25) is 12.4 Å². The largest absolute Gasteiger partial charge is 0.444 e. The summed E-state index contributed by atoms with van der Waals surface area (Å²) in [4.78, 5) is 43.5. The minimum absolute atomic E-state index is 0.251. The van der Waals surface area contributed by atoms with E-state index in [-0.39, 0.29) is 24.5 Å². The third kappa shape index (κ3) is 11.4. The van der Waals surface area contributed by atoms with E-state index < -0.39 is 23.4 Å². The minimum atomic E-state index is -0.720. The lowest BCUT2D eigenvalue weighted by Crippen LogP contribution is -2.40. The third-order valence-corrected chi connectivity index (χ3v) is 4.87. The number of hydrogen-bond acceptors (Lipinski definition) is 9. The number of nitrogens with zero attached hydrogens (tertiary/aromatic N) is 4. The SMILES string of the molecule is CC(C)(C)OC(=O)NC=O.CC(C)(C)OCCN(C(=O)OC(C)(C)C)c1nccc(-n2ccc3cc(N)ccc32)n1. The molecule has 0 fully saturated rings. The van der Waals surface area contributed by atoms with Crippen LogP contribution in [0.4, 0.5) is 21.2 Å². The molecule has 0 radical (unpaired) electrons. The monoisotopic (exact) mass is 570 g/mol. The maximum Gasteiger partial charge on any atom is 0.417 e. The molecule has 0 bridgehead atoms. The topological polar surface area (TPSA) is 151 Å². The number of nitrogens with two attached hydrogens (primary N) is 1. The Morgan fingerprint density at radius 1 is 0.976 bits per heavy atom. The van der Waals surface area contributed by atoms with Gasteiger partial charge in [-0.1, -0.05) is 0 Å². The molecular weight excluding hydrogens is 528 g/mol. The number of amides is 3. The van der Waals surface area contributed by atoms with Gasteiger partial charge in [-0.05, 0) is 92.6 Å². The van der Waals surface area contributed by atoms with Gasteiger partial charge < -0.3 is 24.5 Å². The smallest absolute Gasteiger partial charge is 0.417 e. The molecule has 0 unspecified atom stereocenters. The molecule has 0 spiro atoms. The molecule has 0 aliphatic rings. The molecular formula is C29H42N6O6. The van der Waals surface area contributed by atoms with Crippen molar-refractivity contribution in [3.63, 3.8) is 0 Å². The van der Waals surface area contributed by atoms with Gasteiger partial charge in [0.1, 0.15) is 17.0 Å². The third-order valence-electron chi connectivity index (χ3n) is 4.87. The average Bonchev–Trinajstić information content (AvgIpc) is 3.22. The number of ether oxygens (including phenoxy) is 3. The van der Waals surface area contributed by atoms with Crippen LogP contribution in [0.3, 0.4) is 0 Å². The number of nitrogen functional groups attached to an aromatic ring is 1. The van der Waals surface area contributed by atoms with Gasteiger partial charge in [0.25, 0.3) is 0 Å². The molecule has 2 aromatic heterocycles. The van der Waals surface area contributed by atoms with E-state index in [0.717, 1.165) is 10.9 Å². The Morgan fingerprint density at radius 3 is 2.22 bits per heavy atom. The molecule has 1 aromatic carbocycles. The standard InChI is InChI=1S/C23H31N5O3.C6H11NO3/c1-22(2,3)30-14-13-28(21(29)31-23(4,5)6)20-25-11-9-19(26-20)27-12-10-16-15-17(24)7-8-18(16)27;1-6(2,3)10-5(9)7-4-8/h7-12,15H,13-14,24H2,1-6H3;4H,1-3H3,(H,7,8,9). The Labute approximate surface area is 241 Å². The predicted molar refractivity (Wildman–Crippen MR) is 158 cm³/mol. The van der Waals surface area contributed by atoms with Crippen LogP contribution in [0.1, 0.15) is 62.3 Å². The molecule has 224 valence electrons. The number of fused-ring (bicyclic) bond motifs is 1. The zero-order valence-corrected chi connectivity index (χ0v) is 25.3. The molecule has 41 heavy (non-hydrogen) atoms. The van der Waals surface area contributed by atoms with Crippen molar-refractivity contribution in [1.82, 2.24) is 19.9 Å². The van der Waals surface area contributed by atoms with Gasteiger partial charge in [-0.15, -0.1) is 0 Å². The number of nitrogens with one attached hydrogen (secondary N) is 1. The first-order valence-electron chi connectivity index (χ1n) is 13.2. The number of aromatic nitrogens is 3. The number of carbonyl (C=O) groups is 3. The average molecular weight is 571 g/mol. The summed E-state index contributed by atoms with van der Waals surface area (Å²) in [5.74, 6) is 0.886. The fourth-order valence-electron chi connectivity index (χ4n) is 3.35. The van der Waals surface area contributed by atoms with E-state index in [2.05, 4.69) is 9.97 Å². The van der Waals surface area contributed by atoms with Gasteiger partial charge >= 0.3 is 12.2 Å². The van der Waals surface area contributed by atoms with Crippen LogP contribution in [-0.2, 0) is 19.0 Å². The number of imide groups is 1. The number of alkyl carbamates (subject to hydrolysis) is 1. The molecule has 0 saturated carbocycles. The fraction of sp³-hybridized carbons (Fsp3) is 0.483. The highest BCUT2D eigenvalue weighted by Gasteiger charge is 2.26.